The van der Waals surface area contributed by atoms with E-state index in [1.54, 1.807) is 0 Å². The first kappa shape index (κ1) is 12.8. The van der Waals surface area contributed by atoms with E-state index in [0.717, 1.165) is 12.1 Å². The molecule has 6 heteroatoms. The van der Waals surface area contributed by atoms with Crippen molar-refractivity contribution in [3.8, 4) is 5.75 Å². The Morgan fingerprint density at radius 2 is 1.81 bits per heavy atom. The molecular formula is C10H10F4O2. The molecule has 0 heterocycles. The summed E-state index contributed by atoms with van der Waals surface area (Å²) in [5.74, 6) is -1.13. The van der Waals surface area contributed by atoms with Gasteiger partial charge < -0.3 is 9.84 Å². The number of ether oxygens (including phenoxy) is 1. The maximum absolute atomic E-state index is 13.2. The van der Waals surface area contributed by atoms with Gasteiger partial charge in [-0.3, -0.25) is 0 Å². The molecule has 0 aliphatic rings. The molecule has 1 aromatic carbocycles. The van der Waals surface area contributed by atoms with Crippen LogP contribution >= 0.6 is 0 Å². The maximum Gasteiger partial charge on any atom is 0.421 e. The highest BCUT2D eigenvalue weighted by Gasteiger charge is 2.51. The van der Waals surface area contributed by atoms with Gasteiger partial charge >= 0.3 is 6.18 Å². The van der Waals surface area contributed by atoms with E-state index in [1.165, 1.54) is 7.11 Å². The average Bonchev–Trinajstić information content (AvgIpc) is 2.15. The van der Waals surface area contributed by atoms with Crippen LogP contribution in [0.2, 0.25) is 0 Å². The van der Waals surface area contributed by atoms with Gasteiger partial charge in [0.05, 0.1) is 7.11 Å². The van der Waals surface area contributed by atoms with Crippen molar-refractivity contribution in [2.45, 2.75) is 18.7 Å². The summed E-state index contributed by atoms with van der Waals surface area (Å²) in [6, 6.07) is 2.60. The van der Waals surface area contributed by atoms with E-state index >= 15 is 0 Å². The second-order valence-electron chi connectivity index (χ2n) is 3.42. The summed E-state index contributed by atoms with van der Waals surface area (Å²) in [6.07, 6.45) is -4.87. The van der Waals surface area contributed by atoms with Crippen molar-refractivity contribution >= 4 is 0 Å². The van der Waals surface area contributed by atoms with Gasteiger partial charge in [-0.1, -0.05) is 6.07 Å². The lowest BCUT2D eigenvalue weighted by atomic mass is 9.95. The van der Waals surface area contributed by atoms with Crippen LogP contribution < -0.4 is 4.74 Å². The largest absolute Gasteiger partial charge is 0.494 e. The average molecular weight is 238 g/mol. The van der Waals surface area contributed by atoms with E-state index in [9.17, 15) is 22.7 Å². The van der Waals surface area contributed by atoms with Crippen LogP contribution in [0.1, 0.15) is 12.5 Å². The van der Waals surface area contributed by atoms with Crippen molar-refractivity contribution in [3.05, 3.63) is 29.6 Å². The van der Waals surface area contributed by atoms with Crippen LogP contribution in [0, 0.1) is 5.82 Å². The second-order valence-corrected chi connectivity index (χ2v) is 3.42. The third-order valence-corrected chi connectivity index (χ3v) is 2.27. The Balaban J connectivity index is 3.20. The summed E-state index contributed by atoms with van der Waals surface area (Å²) in [5.41, 5.74) is -3.65. The van der Waals surface area contributed by atoms with Gasteiger partial charge in [0, 0.05) is 0 Å². The number of alkyl halides is 3. The number of halogens is 4. The van der Waals surface area contributed by atoms with Crippen LogP contribution in [0.5, 0.6) is 5.75 Å². The van der Waals surface area contributed by atoms with Crippen molar-refractivity contribution < 1.29 is 27.4 Å². The zero-order valence-corrected chi connectivity index (χ0v) is 8.60. The van der Waals surface area contributed by atoms with E-state index in [1.807, 2.05) is 0 Å². The minimum Gasteiger partial charge on any atom is -0.494 e. The maximum atomic E-state index is 13.2. The highest BCUT2D eigenvalue weighted by molar-refractivity contribution is 5.33. The summed E-state index contributed by atoms with van der Waals surface area (Å²) >= 11 is 0. The number of rotatable bonds is 2. The van der Waals surface area contributed by atoms with Crippen molar-refractivity contribution in [3.63, 3.8) is 0 Å². The van der Waals surface area contributed by atoms with E-state index in [0.29, 0.717) is 13.0 Å². The van der Waals surface area contributed by atoms with E-state index in [2.05, 4.69) is 4.74 Å². The van der Waals surface area contributed by atoms with Crippen LogP contribution in [-0.4, -0.2) is 18.4 Å². The normalized spacial score (nSPS) is 15.7. The number of methoxy groups -OCH3 is 1. The zero-order chi connectivity index (χ0) is 12.6. The summed E-state index contributed by atoms with van der Waals surface area (Å²) in [7, 11) is 1.19. The fourth-order valence-corrected chi connectivity index (χ4v) is 1.13. The monoisotopic (exact) mass is 238 g/mol. The molecule has 0 aromatic heterocycles. The van der Waals surface area contributed by atoms with Crippen LogP contribution in [0.25, 0.3) is 0 Å². The van der Waals surface area contributed by atoms with Gasteiger partial charge in [-0.05, 0) is 24.6 Å². The van der Waals surface area contributed by atoms with E-state index in [-0.39, 0.29) is 5.75 Å². The molecule has 90 valence electrons. The number of hydrogen-bond acceptors (Lipinski definition) is 2. The van der Waals surface area contributed by atoms with E-state index < -0.39 is 23.2 Å². The van der Waals surface area contributed by atoms with Crippen LogP contribution in [0.15, 0.2) is 18.2 Å². The highest BCUT2D eigenvalue weighted by Crippen LogP contribution is 2.39. The molecule has 1 aromatic rings. The van der Waals surface area contributed by atoms with Crippen molar-refractivity contribution in [1.29, 1.82) is 0 Å². The minimum absolute atomic E-state index is 0.179. The number of hydrogen-bond donors (Lipinski definition) is 1. The first-order valence-electron chi connectivity index (χ1n) is 4.33. The molecule has 0 saturated carbocycles. The molecule has 0 spiro atoms. The van der Waals surface area contributed by atoms with Crippen LogP contribution in [-0.2, 0) is 5.60 Å². The fourth-order valence-electron chi connectivity index (χ4n) is 1.13. The van der Waals surface area contributed by atoms with Crippen LogP contribution in [0.4, 0.5) is 17.6 Å². The molecule has 16 heavy (non-hydrogen) atoms. The molecule has 1 unspecified atom stereocenters. The molecule has 0 bridgehead atoms. The van der Waals surface area contributed by atoms with Crippen LogP contribution in [0.3, 0.4) is 0 Å². The molecular weight excluding hydrogens is 228 g/mol. The number of benzene rings is 1. The smallest absolute Gasteiger partial charge is 0.421 e. The van der Waals surface area contributed by atoms with Gasteiger partial charge in [0.25, 0.3) is 0 Å². The lowest BCUT2D eigenvalue weighted by molar-refractivity contribution is -0.258. The molecule has 0 saturated heterocycles. The van der Waals surface area contributed by atoms with Crippen molar-refractivity contribution in [1.82, 2.24) is 0 Å². The quantitative estimate of drug-likeness (QED) is 0.802. The number of aliphatic hydroxyl groups is 1. The van der Waals surface area contributed by atoms with Gasteiger partial charge in [0.15, 0.2) is 17.2 Å². The third-order valence-electron chi connectivity index (χ3n) is 2.27. The molecule has 1 atom stereocenters. The van der Waals surface area contributed by atoms with E-state index in [4.69, 9.17) is 0 Å². The van der Waals surface area contributed by atoms with Gasteiger partial charge in [0.2, 0.25) is 0 Å². The topological polar surface area (TPSA) is 29.5 Å². The fraction of sp³-hybridized carbons (Fsp3) is 0.400. The molecule has 0 aliphatic heterocycles. The highest BCUT2D eigenvalue weighted by atomic mass is 19.4. The zero-order valence-electron chi connectivity index (χ0n) is 8.60. The molecule has 0 radical (unpaired) electrons. The molecule has 1 N–H and O–H groups in total. The molecule has 0 fully saturated rings. The standard InChI is InChI=1S/C10H10F4O2/c1-9(15,10(12,13)14)6-3-4-8(16-2)7(11)5-6/h3-5,15H,1-2H3. The van der Waals surface area contributed by atoms with Gasteiger partial charge in [-0.25, -0.2) is 4.39 Å². The Morgan fingerprint density at radius 1 is 1.25 bits per heavy atom. The molecule has 0 amide bonds. The molecule has 0 aliphatic carbocycles. The lowest BCUT2D eigenvalue weighted by Crippen LogP contribution is -2.39. The molecule has 1 rings (SSSR count). The predicted octanol–water partition coefficient (Wildman–Crippen LogP) is 2.60. The van der Waals surface area contributed by atoms with Crippen molar-refractivity contribution in [2.24, 2.45) is 0 Å². The minimum atomic E-state index is -4.87. The Hall–Kier alpha value is -1.30. The summed E-state index contributed by atoms with van der Waals surface area (Å²) in [6.45, 7) is 0.564. The Bertz CT molecular complexity index is 385. The van der Waals surface area contributed by atoms with Gasteiger partial charge in [0.1, 0.15) is 0 Å². The summed E-state index contributed by atoms with van der Waals surface area (Å²) < 4.78 is 55.0. The SMILES string of the molecule is COc1ccc(C(C)(O)C(F)(F)F)cc1F. The van der Waals surface area contributed by atoms with Gasteiger partial charge in [-0.2, -0.15) is 13.2 Å². The Morgan fingerprint density at radius 3 is 2.19 bits per heavy atom. The molecule has 2 nitrogen and oxygen atoms in total. The first-order valence-corrected chi connectivity index (χ1v) is 4.33. The summed E-state index contributed by atoms with van der Waals surface area (Å²) in [4.78, 5) is 0. The predicted molar refractivity (Wildman–Crippen MR) is 48.6 cm³/mol. The van der Waals surface area contributed by atoms with Crippen molar-refractivity contribution in [2.75, 3.05) is 7.11 Å². The Kier molecular flexibility index (Phi) is 3.14. The first-order chi connectivity index (χ1) is 7.20. The van der Waals surface area contributed by atoms with Gasteiger partial charge in [-0.15, -0.1) is 0 Å². The third kappa shape index (κ3) is 2.11. The Labute approximate surface area is 89.5 Å². The second kappa shape index (κ2) is 3.93. The summed E-state index contributed by atoms with van der Waals surface area (Å²) in [5, 5.41) is 9.28. The lowest BCUT2D eigenvalue weighted by Gasteiger charge is -2.26.